The van der Waals surface area contributed by atoms with Crippen molar-refractivity contribution in [1.82, 2.24) is 4.90 Å². The third kappa shape index (κ3) is 3.25. The molecule has 1 N–H and O–H groups in total. The summed E-state index contributed by atoms with van der Waals surface area (Å²) in [5, 5.41) is 16.5. The second-order valence-corrected chi connectivity index (χ2v) is 4.38. The molecule has 0 radical (unpaired) electrons. The molecule has 104 valence electrons. The molecule has 7 nitrogen and oxygen atoms in total. The van der Waals surface area contributed by atoms with Gasteiger partial charge in [-0.3, -0.25) is 14.5 Å². The number of azo groups is 1. The van der Waals surface area contributed by atoms with E-state index in [-0.39, 0.29) is 19.6 Å². The molecule has 1 aliphatic rings. The van der Waals surface area contributed by atoms with Gasteiger partial charge in [0.25, 0.3) is 0 Å². The van der Waals surface area contributed by atoms with E-state index in [1.807, 2.05) is 6.07 Å². The van der Waals surface area contributed by atoms with E-state index < -0.39 is 23.6 Å². The normalized spacial score (nSPS) is 16.9. The standard InChI is InChI=1S/C13H13N3O4/c17-11-7-16(13(19)20)8-12(18)10(11)6-14-15-9-4-2-1-3-5-9/h1-5,10H,6-8H2,(H,19,20). The Labute approximate surface area is 114 Å². The van der Waals surface area contributed by atoms with Gasteiger partial charge in [-0.15, -0.1) is 0 Å². The number of Topliss-reactive ketones (excluding diaryl/α,β-unsaturated/α-hetero) is 2. The van der Waals surface area contributed by atoms with Gasteiger partial charge in [-0.2, -0.15) is 10.2 Å². The molecule has 1 saturated heterocycles. The monoisotopic (exact) mass is 275 g/mol. The third-order valence-electron chi connectivity index (χ3n) is 2.95. The average molecular weight is 275 g/mol. The third-order valence-corrected chi connectivity index (χ3v) is 2.95. The molecule has 2 rings (SSSR count). The van der Waals surface area contributed by atoms with Crippen molar-refractivity contribution in [2.75, 3.05) is 19.6 Å². The van der Waals surface area contributed by atoms with Crippen LogP contribution in [0.3, 0.4) is 0 Å². The van der Waals surface area contributed by atoms with Gasteiger partial charge in [-0.1, -0.05) is 18.2 Å². The Morgan fingerprint density at radius 2 is 1.80 bits per heavy atom. The summed E-state index contributed by atoms with van der Waals surface area (Å²) in [5.41, 5.74) is 0.635. The van der Waals surface area contributed by atoms with Gasteiger partial charge < -0.3 is 5.11 Å². The van der Waals surface area contributed by atoms with E-state index in [1.54, 1.807) is 24.3 Å². The Morgan fingerprint density at radius 3 is 2.35 bits per heavy atom. The van der Waals surface area contributed by atoms with E-state index in [2.05, 4.69) is 10.2 Å². The van der Waals surface area contributed by atoms with Crippen LogP contribution in [-0.4, -0.2) is 47.3 Å². The minimum absolute atomic E-state index is 0.0416. The SMILES string of the molecule is O=C1CN(C(=O)O)CC(=O)C1CN=Nc1ccccc1. The highest BCUT2D eigenvalue weighted by Gasteiger charge is 2.36. The van der Waals surface area contributed by atoms with Gasteiger partial charge in [0.05, 0.1) is 25.3 Å². The molecular weight excluding hydrogens is 262 g/mol. The van der Waals surface area contributed by atoms with E-state index in [4.69, 9.17) is 5.11 Å². The summed E-state index contributed by atoms with van der Waals surface area (Å²) in [6.07, 6.45) is -1.27. The summed E-state index contributed by atoms with van der Waals surface area (Å²) in [6.45, 7) is -0.584. The van der Waals surface area contributed by atoms with E-state index in [0.717, 1.165) is 4.90 Å². The zero-order valence-corrected chi connectivity index (χ0v) is 10.6. The number of carbonyl (C=O) groups is 3. The first-order valence-corrected chi connectivity index (χ1v) is 6.04. The average Bonchev–Trinajstić information content (AvgIpc) is 2.42. The zero-order chi connectivity index (χ0) is 14.5. The van der Waals surface area contributed by atoms with Crippen LogP contribution in [0.2, 0.25) is 0 Å². The molecule has 0 atom stereocenters. The smallest absolute Gasteiger partial charge is 0.408 e. The Bertz CT molecular complexity index is 538. The highest BCUT2D eigenvalue weighted by Crippen LogP contribution is 2.14. The number of benzene rings is 1. The molecule has 0 spiro atoms. The number of hydrogen-bond donors (Lipinski definition) is 1. The molecule has 1 aromatic rings. The van der Waals surface area contributed by atoms with Gasteiger partial charge >= 0.3 is 6.09 Å². The number of ketones is 2. The first-order chi connectivity index (χ1) is 9.58. The molecule has 1 aliphatic heterocycles. The van der Waals surface area contributed by atoms with Crippen molar-refractivity contribution in [2.45, 2.75) is 0 Å². The highest BCUT2D eigenvalue weighted by atomic mass is 16.4. The minimum Gasteiger partial charge on any atom is -0.465 e. The second kappa shape index (κ2) is 6.05. The number of amides is 1. The summed E-state index contributed by atoms with van der Waals surface area (Å²) in [5.74, 6) is -1.76. The number of carbonyl (C=O) groups excluding carboxylic acids is 2. The number of rotatable bonds is 3. The molecule has 1 fully saturated rings. The van der Waals surface area contributed by atoms with Crippen LogP contribution in [0.1, 0.15) is 0 Å². The molecule has 7 heteroatoms. The number of likely N-dealkylation sites (tertiary alicyclic amines) is 1. The summed E-state index contributed by atoms with van der Waals surface area (Å²) < 4.78 is 0. The molecule has 20 heavy (non-hydrogen) atoms. The molecule has 0 bridgehead atoms. The Morgan fingerprint density at radius 1 is 1.20 bits per heavy atom. The van der Waals surface area contributed by atoms with Crippen molar-refractivity contribution in [1.29, 1.82) is 0 Å². The lowest BCUT2D eigenvalue weighted by Gasteiger charge is -2.26. The Hall–Kier alpha value is -2.57. The maximum absolute atomic E-state index is 11.7. The maximum atomic E-state index is 11.7. The lowest BCUT2D eigenvalue weighted by molar-refractivity contribution is -0.137. The van der Waals surface area contributed by atoms with Crippen LogP contribution in [0.5, 0.6) is 0 Å². The lowest BCUT2D eigenvalue weighted by Crippen LogP contribution is -2.50. The van der Waals surface area contributed by atoms with Gasteiger partial charge in [-0.05, 0) is 12.1 Å². The largest absolute Gasteiger partial charge is 0.465 e. The first-order valence-electron chi connectivity index (χ1n) is 6.04. The van der Waals surface area contributed by atoms with Crippen LogP contribution in [0.15, 0.2) is 40.6 Å². The molecule has 0 saturated carbocycles. The Kier molecular flexibility index (Phi) is 4.19. The quantitative estimate of drug-likeness (QED) is 0.667. The second-order valence-electron chi connectivity index (χ2n) is 4.38. The summed E-state index contributed by atoms with van der Waals surface area (Å²) in [4.78, 5) is 35.0. The van der Waals surface area contributed by atoms with E-state index in [9.17, 15) is 14.4 Å². The van der Waals surface area contributed by atoms with Gasteiger partial charge in [-0.25, -0.2) is 4.79 Å². The van der Waals surface area contributed by atoms with Crippen molar-refractivity contribution in [3.05, 3.63) is 30.3 Å². The van der Waals surface area contributed by atoms with Crippen LogP contribution >= 0.6 is 0 Å². The molecule has 1 aromatic carbocycles. The molecule has 0 aromatic heterocycles. The topological polar surface area (TPSA) is 99.4 Å². The van der Waals surface area contributed by atoms with Gasteiger partial charge in [0.1, 0.15) is 5.92 Å². The maximum Gasteiger partial charge on any atom is 0.408 e. The zero-order valence-electron chi connectivity index (χ0n) is 10.6. The fourth-order valence-electron chi connectivity index (χ4n) is 1.87. The fraction of sp³-hybridized carbons (Fsp3) is 0.308. The van der Waals surface area contributed by atoms with E-state index in [0.29, 0.717) is 5.69 Å². The summed E-state index contributed by atoms with van der Waals surface area (Å²) in [6, 6.07) is 8.94. The number of hydrogen-bond acceptors (Lipinski definition) is 5. The number of nitrogens with zero attached hydrogens (tertiary/aromatic N) is 3. The van der Waals surface area contributed by atoms with Crippen molar-refractivity contribution in [2.24, 2.45) is 16.1 Å². The van der Waals surface area contributed by atoms with Gasteiger partial charge in [0, 0.05) is 0 Å². The van der Waals surface area contributed by atoms with Gasteiger partial charge in [0.2, 0.25) is 0 Å². The van der Waals surface area contributed by atoms with Crippen LogP contribution in [-0.2, 0) is 9.59 Å². The van der Waals surface area contributed by atoms with Crippen molar-refractivity contribution in [3.8, 4) is 0 Å². The summed E-state index contributed by atoms with van der Waals surface area (Å²) in [7, 11) is 0. The highest BCUT2D eigenvalue weighted by molar-refractivity contribution is 6.08. The van der Waals surface area contributed by atoms with E-state index >= 15 is 0 Å². The number of carboxylic acid groups (broad SMARTS) is 1. The van der Waals surface area contributed by atoms with Crippen molar-refractivity contribution >= 4 is 23.3 Å². The van der Waals surface area contributed by atoms with Crippen molar-refractivity contribution in [3.63, 3.8) is 0 Å². The molecule has 1 heterocycles. The molecule has 1 amide bonds. The van der Waals surface area contributed by atoms with Gasteiger partial charge in [0.15, 0.2) is 11.6 Å². The summed E-state index contributed by atoms with van der Waals surface area (Å²) >= 11 is 0. The van der Waals surface area contributed by atoms with Crippen LogP contribution in [0.25, 0.3) is 0 Å². The predicted molar refractivity (Wildman–Crippen MR) is 68.9 cm³/mol. The fourth-order valence-corrected chi connectivity index (χ4v) is 1.87. The van der Waals surface area contributed by atoms with Crippen LogP contribution in [0.4, 0.5) is 10.5 Å². The van der Waals surface area contributed by atoms with Crippen LogP contribution in [0, 0.1) is 5.92 Å². The molecule has 0 unspecified atom stereocenters. The Balaban J connectivity index is 1.97. The molecule has 0 aliphatic carbocycles. The minimum atomic E-state index is -1.27. The lowest BCUT2D eigenvalue weighted by atomic mass is 9.94. The number of piperidine rings is 1. The van der Waals surface area contributed by atoms with Crippen LogP contribution < -0.4 is 0 Å². The molecular formula is C13H13N3O4. The first kappa shape index (κ1) is 13.9. The van der Waals surface area contributed by atoms with E-state index in [1.165, 1.54) is 0 Å². The predicted octanol–water partition coefficient (Wildman–Crippen LogP) is 1.52. The van der Waals surface area contributed by atoms with Crippen molar-refractivity contribution < 1.29 is 19.5 Å².